The molecule has 1 unspecified atom stereocenters. The number of H-pyrrole nitrogens is 1. The van der Waals surface area contributed by atoms with Crippen molar-refractivity contribution in [3.8, 4) is 0 Å². The van der Waals surface area contributed by atoms with E-state index in [4.69, 9.17) is 4.98 Å². The van der Waals surface area contributed by atoms with Crippen molar-refractivity contribution >= 4 is 0 Å². The Morgan fingerprint density at radius 2 is 1.76 bits per heavy atom. The fourth-order valence-electron chi connectivity index (χ4n) is 2.18. The van der Waals surface area contributed by atoms with Crippen LogP contribution in [0.25, 0.3) is 0 Å². The summed E-state index contributed by atoms with van der Waals surface area (Å²) < 4.78 is 0. The molecule has 2 nitrogen and oxygen atoms in total. The zero-order chi connectivity index (χ0) is 13.2. The van der Waals surface area contributed by atoms with Crippen molar-refractivity contribution in [1.29, 1.82) is 0 Å². The molecule has 17 heavy (non-hydrogen) atoms. The number of rotatable bonds is 4. The van der Waals surface area contributed by atoms with E-state index in [1.165, 1.54) is 24.2 Å². The maximum atomic E-state index is 4.84. The van der Waals surface area contributed by atoms with Gasteiger partial charge in [-0.3, -0.25) is 0 Å². The summed E-state index contributed by atoms with van der Waals surface area (Å²) in [5.74, 6) is 2.16. The van der Waals surface area contributed by atoms with Gasteiger partial charge in [0.2, 0.25) is 0 Å². The molecular formula is C15H28N2. The smallest absolute Gasteiger partial charge is 0.109 e. The molecule has 0 radical (unpaired) electrons. The number of hydrogen-bond donors (Lipinski definition) is 1. The van der Waals surface area contributed by atoms with Crippen molar-refractivity contribution in [2.75, 3.05) is 0 Å². The van der Waals surface area contributed by atoms with Crippen molar-refractivity contribution in [3.63, 3.8) is 0 Å². The highest BCUT2D eigenvalue weighted by molar-refractivity contribution is 5.26. The third kappa shape index (κ3) is 3.34. The van der Waals surface area contributed by atoms with Gasteiger partial charge in [0.05, 0.1) is 5.69 Å². The molecule has 0 amide bonds. The van der Waals surface area contributed by atoms with Crippen LogP contribution in [0.15, 0.2) is 0 Å². The normalized spacial score (nSPS) is 14.4. The molecular weight excluding hydrogens is 208 g/mol. The van der Waals surface area contributed by atoms with Gasteiger partial charge in [0, 0.05) is 22.9 Å². The van der Waals surface area contributed by atoms with Crippen LogP contribution < -0.4 is 0 Å². The molecule has 0 aliphatic carbocycles. The Balaban J connectivity index is 3.17. The molecule has 1 rings (SSSR count). The van der Waals surface area contributed by atoms with Crippen molar-refractivity contribution in [2.45, 2.75) is 78.6 Å². The second-order valence-corrected chi connectivity index (χ2v) is 6.48. The third-order valence-electron chi connectivity index (χ3n) is 3.24. The molecule has 1 heterocycles. The lowest BCUT2D eigenvalue weighted by atomic mass is 9.87. The highest BCUT2D eigenvalue weighted by Gasteiger charge is 2.25. The quantitative estimate of drug-likeness (QED) is 0.804. The van der Waals surface area contributed by atoms with Gasteiger partial charge in [-0.1, -0.05) is 54.9 Å². The number of aromatic nitrogens is 2. The lowest BCUT2D eigenvalue weighted by Crippen LogP contribution is -2.15. The van der Waals surface area contributed by atoms with Gasteiger partial charge in [-0.25, -0.2) is 4.98 Å². The predicted molar refractivity (Wildman–Crippen MR) is 74.7 cm³/mol. The second-order valence-electron chi connectivity index (χ2n) is 6.48. The summed E-state index contributed by atoms with van der Waals surface area (Å²) in [5.41, 5.74) is 2.75. The van der Waals surface area contributed by atoms with Crippen molar-refractivity contribution in [3.05, 3.63) is 17.2 Å². The molecule has 0 saturated heterocycles. The molecule has 1 aromatic heterocycles. The standard InChI is InChI=1S/C15H28N2/c1-8-9-11(4)12-13(15(5,6)7)17-14(16-12)10(2)3/h10-11H,8-9H2,1-7H3,(H,16,17). The maximum absolute atomic E-state index is 4.84. The zero-order valence-corrected chi connectivity index (χ0v) is 12.5. The summed E-state index contributed by atoms with van der Waals surface area (Å²) >= 11 is 0. The fraction of sp³-hybridized carbons (Fsp3) is 0.800. The van der Waals surface area contributed by atoms with E-state index in [1.54, 1.807) is 0 Å². The Hall–Kier alpha value is -0.790. The van der Waals surface area contributed by atoms with E-state index < -0.39 is 0 Å². The summed E-state index contributed by atoms with van der Waals surface area (Å²) in [5, 5.41) is 0. The largest absolute Gasteiger partial charge is 0.345 e. The van der Waals surface area contributed by atoms with Crippen LogP contribution >= 0.6 is 0 Å². The minimum Gasteiger partial charge on any atom is -0.345 e. The molecule has 0 fully saturated rings. The average Bonchev–Trinajstić information content (AvgIpc) is 2.61. The summed E-state index contributed by atoms with van der Waals surface area (Å²) in [6.07, 6.45) is 2.43. The van der Waals surface area contributed by atoms with E-state index >= 15 is 0 Å². The van der Waals surface area contributed by atoms with Gasteiger partial charge in [0.25, 0.3) is 0 Å². The minimum atomic E-state index is 0.150. The van der Waals surface area contributed by atoms with Crippen LogP contribution in [-0.4, -0.2) is 9.97 Å². The second kappa shape index (κ2) is 5.24. The monoisotopic (exact) mass is 236 g/mol. The molecule has 0 aliphatic heterocycles. The number of aromatic amines is 1. The fourth-order valence-corrected chi connectivity index (χ4v) is 2.18. The maximum Gasteiger partial charge on any atom is 0.109 e. The SMILES string of the molecule is CCCC(C)c1nc(C(C)C)[nH]c1C(C)(C)C. The van der Waals surface area contributed by atoms with Gasteiger partial charge in [0.1, 0.15) is 5.82 Å². The van der Waals surface area contributed by atoms with E-state index in [9.17, 15) is 0 Å². The molecule has 1 N–H and O–H groups in total. The summed E-state index contributed by atoms with van der Waals surface area (Å²) in [4.78, 5) is 8.39. The average molecular weight is 236 g/mol. The van der Waals surface area contributed by atoms with Gasteiger partial charge >= 0.3 is 0 Å². The summed E-state index contributed by atoms with van der Waals surface area (Å²) in [6.45, 7) is 15.7. The minimum absolute atomic E-state index is 0.150. The van der Waals surface area contributed by atoms with E-state index in [2.05, 4.69) is 53.5 Å². The highest BCUT2D eigenvalue weighted by Crippen LogP contribution is 2.32. The predicted octanol–water partition coefficient (Wildman–Crippen LogP) is 4.73. The molecule has 0 aliphatic rings. The third-order valence-corrected chi connectivity index (χ3v) is 3.24. The van der Waals surface area contributed by atoms with E-state index in [0.29, 0.717) is 11.8 Å². The van der Waals surface area contributed by atoms with Crippen molar-refractivity contribution < 1.29 is 0 Å². The van der Waals surface area contributed by atoms with E-state index in [0.717, 1.165) is 5.82 Å². The zero-order valence-electron chi connectivity index (χ0n) is 12.5. The van der Waals surface area contributed by atoms with E-state index in [-0.39, 0.29) is 5.41 Å². The number of nitrogens with zero attached hydrogens (tertiary/aromatic N) is 1. The molecule has 0 spiro atoms. The number of hydrogen-bond acceptors (Lipinski definition) is 1. The molecule has 1 atom stereocenters. The Bertz CT molecular complexity index is 355. The van der Waals surface area contributed by atoms with Gasteiger partial charge in [0.15, 0.2) is 0 Å². The van der Waals surface area contributed by atoms with Crippen LogP contribution in [0.5, 0.6) is 0 Å². The topological polar surface area (TPSA) is 28.7 Å². The Kier molecular flexibility index (Phi) is 4.40. The van der Waals surface area contributed by atoms with Crippen molar-refractivity contribution in [1.82, 2.24) is 9.97 Å². The van der Waals surface area contributed by atoms with Gasteiger partial charge in [-0.2, -0.15) is 0 Å². The Morgan fingerprint density at radius 3 is 2.18 bits per heavy atom. The van der Waals surface area contributed by atoms with Gasteiger partial charge < -0.3 is 4.98 Å². The first-order valence-corrected chi connectivity index (χ1v) is 6.87. The number of imidazole rings is 1. The molecule has 2 heteroatoms. The van der Waals surface area contributed by atoms with Crippen LogP contribution in [0.3, 0.4) is 0 Å². The van der Waals surface area contributed by atoms with Crippen LogP contribution in [-0.2, 0) is 5.41 Å². The first kappa shape index (κ1) is 14.3. The van der Waals surface area contributed by atoms with Crippen LogP contribution in [0.2, 0.25) is 0 Å². The highest BCUT2D eigenvalue weighted by atomic mass is 15.0. The summed E-state index contributed by atoms with van der Waals surface area (Å²) in [7, 11) is 0. The molecule has 0 aromatic carbocycles. The van der Waals surface area contributed by atoms with Crippen molar-refractivity contribution in [2.24, 2.45) is 0 Å². The molecule has 0 bridgehead atoms. The van der Waals surface area contributed by atoms with Gasteiger partial charge in [-0.05, 0) is 6.42 Å². The lowest BCUT2D eigenvalue weighted by molar-refractivity contribution is 0.545. The Morgan fingerprint density at radius 1 is 1.18 bits per heavy atom. The Labute approximate surface area is 106 Å². The molecule has 98 valence electrons. The lowest BCUT2D eigenvalue weighted by Gasteiger charge is -2.20. The summed E-state index contributed by atoms with van der Waals surface area (Å²) in [6, 6.07) is 0. The number of nitrogens with one attached hydrogen (secondary N) is 1. The van der Waals surface area contributed by atoms with Crippen LogP contribution in [0.4, 0.5) is 0 Å². The first-order chi connectivity index (χ1) is 7.77. The molecule has 0 saturated carbocycles. The van der Waals surface area contributed by atoms with E-state index in [1.807, 2.05) is 0 Å². The van der Waals surface area contributed by atoms with Crippen LogP contribution in [0.1, 0.15) is 90.4 Å². The molecule has 1 aromatic rings. The van der Waals surface area contributed by atoms with Gasteiger partial charge in [-0.15, -0.1) is 0 Å². The van der Waals surface area contributed by atoms with Crippen LogP contribution in [0, 0.1) is 0 Å². The first-order valence-electron chi connectivity index (χ1n) is 6.87.